The number of hydrogen-bond donors (Lipinski definition) is 3. The molecule has 0 saturated heterocycles. The molecule has 5 aromatic rings. The molecule has 0 aliphatic heterocycles. The van der Waals surface area contributed by atoms with Gasteiger partial charge in [-0.25, -0.2) is 14.2 Å². The monoisotopic (exact) mass is 544 g/mol. The number of carbonyl (C=O) groups excluding carboxylic acids is 2. The lowest BCUT2D eigenvalue weighted by Crippen LogP contribution is -2.31. The van der Waals surface area contributed by atoms with Crippen LogP contribution in [0.3, 0.4) is 0 Å². The maximum Gasteiger partial charge on any atom is 0.490 e. The third-order valence-electron chi connectivity index (χ3n) is 5.58. The number of fused-ring (bicyclic) bond motifs is 6. The van der Waals surface area contributed by atoms with Crippen LogP contribution in [0.4, 0.5) is 17.6 Å². The largest absolute Gasteiger partial charge is 0.490 e. The van der Waals surface area contributed by atoms with Crippen LogP contribution in [0.2, 0.25) is 0 Å². The average Bonchev–Trinajstić information content (AvgIpc) is 3.29. The predicted octanol–water partition coefficient (Wildman–Crippen LogP) is 4.68. The molecule has 2 aromatic heterocycles. The third kappa shape index (κ3) is 4.92. The summed E-state index contributed by atoms with van der Waals surface area (Å²) in [5.41, 5.74) is 0.994. The Bertz CT molecular complexity index is 1780. The number of alkyl halides is 3. The molecule has 3 aromatic carbocycles. The van der Waals surface area contributed by atoms with E-state index in [0.717, 1.165) is 0 Å². The normalized spacial score (nSPS) is 11.8. The molecule has 0 radical (unpaired) electrons. The van der Waals surface area contributed by atoms with Crippen LogP contribution in [0, 0.1) is 5.82 Å². The Labute approximate surface area is 214 Å². The van der Waals surface area contributed by atoms with Crippen molar-refractivity contribution in [1.29, 1.82) is 0 Å². The van der Waals surface area contributed by atoms with Crippen LogP contribution in [-0.4, -0.2) is 46.2 Å². The van der Waals surface area contributed by atoms with Gasteiger partial charge in [0.05, 0.1) is 23.0 Å². The molecule has 0 bridgehead atoms. The lowest BCUT2D eigenvalue weighted by molar-refractivity contribution is -0.199. The van der Waals surface area contributed by atoms with E-state index in [1.165, 1.54) is 36.2 Å². The highest BCUT2D eigenvalue weighted by molar-refractivity contribution is 7.99. The number of esters is 1. The maximum absolute atomic E-state index is 14.0. The lowest BCUT2D eigenvalue weighted by atomic mass is 10.0. The standard InChI is InChI=1S/C25H16F4N4O4S/c26-13-4-5-15-17(11-13)18-16(6-7-30-22(18)35)20-19(15)32-24(33-20)38-14-3-1-2-12(10-14)21(34)31-8-9-37-23(36)25(27,28)29/h1-7,10-11H,8-9H2,(H,30,35)(H,31,34)(H,32,33). The minimum absolute atomic E-state index is 0.228. The van der Waals surface area contributed by atoms with Crippen LogP contribution in [0.5, 0.6) is 0 Å². The first-order valence-corrected chi connectivity index (χ1v) is 11.9. The van der Waals surface area contributed by atoms with Crippen molar-refractivity contribution in [1.82, 2.24) is 20.3 Å². The number of aromatic amines is 2. The van der Waals surface area contributed by atoms with Gasteiger partial charge in [0.2, 0.25) is 0 Å². The van der Waals surface area contributed by atoms with Gasteiger partial charge in [-0.2, -0.15) is 13.2 Å². The summed E-state index contributed by atoms with van der Waals surface area (Å²) < 4.78 is 54.6. The molecule has 2 heterocycles. The minimum Gasteiger partial charge on any atom is -0.457 e. The van der Waals surface area contributed by atoms with E-state index in [9.17, 15) is 31.9 Å². The number of amides is 1. The van der Waals surface area contributed by atoms with Gasteiger partial charge in [0.1, 0.15) is 12.4 Å². The number of ether oxygens (including phenoxy) is 1. The molecule has 0 unspecified atom stereocenters. The first-order valence-electron chi connectivity index (χ1n) is 11.0. The second-order valence-electron chi connectivity index (χ2n) is 8.07. The summed E-state index contributed by atoms with van der Waals surface area (Å²) in [6, 6.07) is 12.3. The van der Waals surface area contributed by atoms with Crippen LogP contribution in [-0.2, 0) is 9.53 Å². The van der Waals surface area contributed by atoms with Gasteiger partial charge >= 0.3 is 12.1 Å². The van der Waals surface area contributed by atoms with Crippen molar-refractivity contribution in [3.8, 4) is 0 Å². The van der Waals surface area contributed by atoms with E-state index < -0.39 is 30.5 Å². The highest BCUT2D eigenvalue weighted by Gasteiger charge is 2.40. The molecule has 0 aliphatic carbocycles. The van der Waals surface area contributed by atoms with Gasteiger partial charge in [0.25, 0.3) is 11.5 Å². The Morgan fingerprint density at radius 2 is 1.87 bits per heavy atom. The number of carbonyl (C=O) groups is 2. The number of pyridine rings is 1. The summed E-state index contributed by atoms with van der Waals surface area (Å²) in [6.45, 7) is -0.937. The predicted molar refractivity (Wildman–Crippen MR) is 132 cm³/mol. The zero-order chi connectivity index (χ0) is 27.0. The van der Waals surface area contributed by atoms with Gasteiger partial charge in [-0.15, -0.1) is 0 Å². The molecule has 0 fully saturated rings. The summed E-state index contributed by atoms with van der Waals surface area (Å²) >= 11 is 1.20. The second kappa shape index (κ2) is 9.82. The first-order chi connectivity index (χ1) is 18.1. The quantitative estimate of drug-likeness (QED) is 0.124. The molecule has 8 nitrogen and oxygen atoms in total. The first kappa shape index (κ1) is 25.3. The van der Waals surface area contributed by atoms with Crippen molar-refractivity contribution in [2.24, 2.45) is 0 Å². The fourth-order valence-corrected chi connectivity index (χ4v) is 4.82. The van der Waals surface area contributed by atoms with Crippen LogP contribution in [0.15, 0.2) is 69.6 Å². The van der Waals surface area contributed by atoms with Crippen molar-refractivity contribution < 1.29 is 31.9 Å². The van der Waals surface area contributed by atoms with E-state index in [2.05, 4.69) is 25.0 Å². The van der Waals surface area contributed by atoms with Crippen molar-refractivity contribution in [3.63, 3.8) is 0 Å². The Morgan fingerprint density at radius 3 is 2.66 bits per heavy atom. The van der Waals surface area contributed by atoms with E-state index >= 15 is 0 Å². The average molecular weight is 544 g/mol. The number of hydrogen-bond acceptors (Lipinski definition) is 6. The summed E-state index contributed by atoms with van der Waals surface area (Å²) in [7, 11) is 0. The summed E-state index contributed by atoms with van der Waals surface area (Å²) in [6.07, 6.45) is -3.61. The van der Waals surface area contributed by atoms with Crippen LogP contribution in [0.1, 0.15) is 10.4 Å². The summed E-state index contributed by atoms with van der Waals surface area (Å²) in [5.74, 6) is -3.38. The van der Waals surface area contributed by atoms with E-state index in [0.29, 0.717) is 42.6 Å². The molecule has 3 N–H and O–H groups in total. The Balaban J connectivity index is 1.39. The van der Waals surface area contributed by atoms with Gasteiger partial charge in [-0.05, 0) is 42.5 Å². The van der Waals surface area contributed by atoms with E-state index in [1.54, 1.807) is 30.3 Å². The van der Waals surface area contributed by atoms with E-state index in [1.807, 2.05) is 0 Å². The molecule has 0 spiro atoms. The van der Waals surface area contributed by atoms with Gasteiger partial charge in [0, 0.05) is 32.8 Å². The number of nitrogens with one attached hydrogen (secondary N) is 3. The second-order valence-corrected chi connectivity index (χ2v) is 9.13. The van der Waals surface area contributed by atoms with E-state index in [4.69, 9.17) is 0 Å². The molecular weight excluding hydrogens is 528 g/mol. The number of halogens is 4. The highest BCUT2D eigenvalue weighted by atomic mass is 32.2. The number of H-pyrrole nitrogens is 2. The Hall–Kier alpha value is -4.39. The molecule has 1 amide bonds. The SMILES string of the molecule is O=C(NCCOC(=O)C(F)(F)F)c1cccc(Sc2nc3c4cc[nH]c(=O)c4c4cc(F)ccc4c3[nH]2)c1. The smallest absolute Gasteiger partial charge is 0.457 e. The van der Waals surface area contributed by atoms with Crippen LogP contribution >= 0.6 is 11.8 Å². The Kier molecular flexibility index (Phi) is 6.53. The molecule has 0 atom stereocenters. The van der Waals surface area contributed by atoms with Crippen LogP contribution < -0.4 is 10.9 Å². The molecular formula is C25H16F4N4O4S. The number of benzene rings is 3. The third-order valence-corrected chi connectivity index (χ3v) is 6.46. The molecule has 0 saturated carbocycles. The molecule has 5 rings (SSSR count). The number of rotatable bonds is 6. The van der Waals surface area contributed by atoms with Crippen molar-refractivity contribution in [2.45, 2.75) is 16.2 Å². The fourth-order valence-electron chi connectivity index (χ4n) is 3.98. The number of imidazole rings is 1. The van der Waals surface area contributed by atoms with Gasteiger partial charge in [-0.3, -0.25) is 9.59 Å². The van der Waals surface area contributed by atoms with Gasteiger partial charge in [-0.1, -0.05) is 17.8 Å². The molecule has 194 valence electrons. The molecule has 38 heavy (non-hydrogen) atoms. The van der Waals surface area contributed by atoms with Crippen molar-refractivity contribution in [2.75, 3.05) is 13.2 Å². The lowest BCUT2D eigenvalue weighted by Gasteiger charge is -2.09. The van der Waals surface area contributed by atoms with Crippen molar-refractivity contribution >= 4 is 56.2 Å². The van der Waals surface area contributed by atoms with E-state index in [-0.39, 0.29) is 17.7 Å². The highest BCUT2D eigenvalue weighted by Crippen LogP contribution is 2.35. The molecule has 0 aliphatic rings. The topological polar surface area (TPSA) is 117 Å². The number of nitrogens with zero attached hydrogens (tertiary/aromatic N) is 1. The summed E-state index contributed by atoms with van der Waals surface area (Å²) in [4.78, 5) is 46.8. The van der Waals surface area contributed by atoms with Gasteiger partial charge < -0.3 is 20.0 Å². The zero-order valence-corrected chi connectivity index (χ0v) is 19.9. The van der Waals surface area contributed by atoms with Gasteiger partial charge in [0.15, 0.2) is 5.16 Å². The summed E-state index contributed by atoms with van der Waals surface area (Å²) in [5, 5.41) is 4.76. The minimum atomic E-state index is -5.10. The fraction of sp³-hybridized carbons (Fsp3) is 0.120. The maximum atomic E-state index is 14.0. The zero-order valence-electron chi connectivity index (χ0n) is 19.1. The van der Waals surface area contributed by atoms with Crippen LogP contribution in [0.25, 0.3) is 32.6 Å². The van der Waals surface area contributed by atoms with Crippen molar-refractivity contribution in [3.05, 3.63) is 76.5 Å². The molecule has 13 heteroatoms. The number of aromatic nitrogens is 3. The Morgan fingerprint density at radius 1 is 1.05 bits per heavy atom.